The van der Waals surface area contributed by atoms with E-state index in [-0.39, 0.29) is 6.61 Å². The molecule has 0 bridgehead atoms. The van der Waals surface area contributed by atoms with E-state index in [1.54, 1.807) is 0 Å². The van der Waals surface area contributed by atoms with Crippen LogP contribution in [0.15, 0.2) is 30.3 Å². The third-order valence-corrected chi connectivity index (χ3v) is 3.42. The van der Waals surface area contributed by atoms with Crippen LogP contribution in [0.2, 0.25) is 0 Å². The van der Waals surface area contributed by atoms with Gasteiger partial charge in [-0.1, -0.05) is 30.3 Å². The number of amides is 3. The Labute approximate surface area is 133 Å². The maximum Gasteiger partial charge on any atom is 0.410 e. The fraction of sp³-hybridized carbons (Fsp3) is 0.400. The van der Waals surface area contributed by atoms with Crippen LogP contribution in [0, 0.1) is 0 Å². The molecule has 2 N–H and O–H groups in total. The number of carboxylic acids is 1. The third-order valence-electron chi connectivity index (χ3n) is 3.42. The van der Waals surface area contributed by atoms with Gasteiger partial charge < -0.3 is 25.0 Å². The maximum absolute atomic E-state index is 12.0. The van der Waals surface area contributed by atoms with Crippen molar-refractivity contribution in [2.45, 2.75) is 6.61 Å². The van der Waals surface area contributed by atoms with Crippen molar-refractivity contribution in [3.8, 4) is 0 Å². The fourth-order valence-electron chi connectivity index (χ4n) is 2.17. The van der Waals surface area contributed by atoms with Crippen molar-refractivity contribution in [2.24, 2.45) is 0 Å². The third kappa shape index (κ3) is 5.17. The molecule has 23 heavy (non-hydrogen) atoms. The SMILES string of the molecule is O=C(O)CNC(=O)N1CCN(C(=O)OCc2ccccc2)CC1. The molecule has 1 aromatic rings. The van der Waals surface area contributed by atoms with E-state index >= 15 is 0 Å². The number of hydrogen-bond donors (Lipinski definition) is 2. The zero-order valence-corrected chi connectivity index (χ0v) is 12.6. The average molecular weight is 321 g/mol. The molecule has 0 unspecified atom stereocenters. The topological polar surface area (TPSA) is 99.2 Å². The Balaban J connectivity index is 1.72. The summed E-state index contributed by atoms with van der Waals surface area (Å²) >= 11 is 0. The largest absolute Gasteiger partial charge is 0.480 e. The average Bonchev–Trinajstić information content (AvgIpc) is 2.58. The number of carboxylic acid groups (broad SMARTS) is 1. The molecule has 8 nitrogen and oxygen atoms in total. The molecule has 1 fully saturated rings. The zero-order valence-electron chi connectivity index (χ0n) is 12.6. The Morgan fingerprint density at radius 1 is 1.04 bits per heavy atom. The molecule has 0 spiro atoms. The van der Waals surface area contributed by atoms with E-state index in [1.807, 2.05) is 30.3 Å². The molecule has 124 valence electrons. The quantitative estimate of drug-likeness (QED) is 0.852. The van der Waals surface area contributed by atoms with Crippen molar-refractivity contribution < 1.29 is 24.2 Å². The van der Waals surface area contributed by atoms with E-state index in [0.717, 1.165) is 5.56 Å². The predicted molar refractivity (Wildman–Crippen MR) is 80.8 cm³/mol. The number of aliphatic carboxylic acids is 1. The number of hydrogen-bond acceptors (Lipinski definition) is 4. The molecular formula is C15H19N3O5. The number of benzene rings is 1. The van der Waals surface area contributed by atoms with Crippen LogP contribution in [0.3, 0.4) is 0 Å². The van der Waals surface area contributed by atoms with Gasteiger partial charge in [0.05, 0.1) is 0 Å². The monoisotopic (exact) mass is 321 g/mol. The van der Waals surface area contributed by atoms with Gasteiger partial charge in [0, 0.05) is 26.2 Å². The molecule has 0 radical (unpaired) electrons. The zero-order chi connectivity index (χ0) is 16.7. The van der Waals surface area contributed by atoms with Crippen LogP contribution in [0.1, 0.15) is 5.56 Å². The summed E-state index contributed by atoms with van der Waals surface area (Å²) in [7, 11) is 0. The highest BCUT2D eigenvalue weighted by molar-refractivity contribution is 5.80. The number of nitrogens with zero attached hydrogens (tertiary/aromatic N) is 2. The van der Waals surface area contributed by atoms with Crippen molar-refractivity contribution in [2.75, 3.05) is 32.7 Å². The molecule has 2 rings (SSSR count). The van der Waals surface area contributed by atoms with Crippen LogP contribution < -0.4 is 5.32 Å². The number of ether oxygens (including phenoxy) is 1. The summed E-state index contributed by atoms with van der Waals surface area (Å²) in [4.78, 5) is 37.1. The molecule has 0 saturated carbocycles. The van der Waals surface area contributed by atoms with Crippen molar-refractivity contribution in [1.82, 2.24) is 15.1 Å². The number of nitrogens with one attached hydrogen (secondary N) is 1. The first-order valence-corrected chi connectivity index (χ1v) is 7.26. The molecule has 1 saturated heterocycles. The van der Waals surface area contributed by atoms with Crippen molar-refractivity contribution >= 4 is 18.1 Å². The first-order chi connectivity index (χ1) is 11.1. The molecule has 0 aliphatic carbocycles. The van der Waals surface area contributed by atoms with E-state index in [4.69, 9.17) is 9.84 Å². The van der Waals surface area contributed by atoms with Gasteiger partial charge in [0.2, 0.25) is 0 Å². The van der Waals surface area contributed by atoms with Gasteiger partial charge in [-0.3, -0.25) is 4.79 Å². The van der Waals surface area contributed by atoms with Crippen molar-refractivity contribution in [3.63, 3.8) is 0 Å². The molecule has 1 aliphatic rings. The number of urea groups is 1. The Kier molecular flexibility index (Phi) is 5.79. The predicted octanol–water partition coefficient (Wildman–Crippen LogP) is 0.735. The van der Waals surface area contributed by atoms with E-state index in [0.29, 0.717) is 26.2 Å². The highest BCUT2D eigenvalue weighted by atomic mass is 16.6. The lowest BCUT2D eigenvalue weighted by atomic mass is 10.2. The van der Waals surface area contributed by atoms with Gasteiger partial charge in [-0.05, 0) is 5.56 Å². The molecule has 1 heterocycles. The minimum Gasteiger partial charge on any atom is -0.480 e. The second-order valence-corrected chi connectivity index (χ2v) is 5.07. The molecule has 8 heteroatoms. The summed E-state index contributed by atoms with van der Waals surface area (Å²) in [5.41, 5.74) is 0.910. The molecule has 3 amide bonds. The fourth-order valence-corrected chi connectivity index (χ4v) is 2.17. The lowest BCUT2D eigenvalue weighted by Crippen LogP contribution is -2.53. The Morgan fingerprint density at radius 2 is 1.65 bits per heavy atom. The van der Waals surface area contributed by atoms with Gasteiger partial charge in [-0.15, -0.1) is 0 Å². The first kappa shape index (κ1) is 16.6. The summed E-state index contributed by atoms with van der Waals surface area (Å²) in [6.45, 7) is 1.18. The van der Waals surface area contributed by atoms with Crippen LogP contribution in [-0.2, 0) is 16.1 Å². The van der Waals surface area contributed by atoms with Crippen LogP contribution in [0.4, 0.5) is 9.59 Å². The smallest absolute Gasteiger partial charge is 0.410 e. The van der Waals surface area contributed by atoms with Crippen molar-refractivity contribution in [1.29, 1.82) is 0 Å². The number of rotatable bonds is 4. The van der Waals surface area contributed by atoms with E-state index in [1.165, 1.54) is 9.80 Å². The Morgan fingerprint density at radius 3 is 2.26 bits per heavy atom. The van der Waals surface area contributed by atoms with Gasteiger partial charge in [0.25, 0.3) is 0 Å². The molecule has 0 aromatic heterocycles. The maximum atomic E-state index is 12.0. The minimum atomic E-state index is -1.10. The summed E-state index contributed by atoms with van der Waals surface area (Å²) < 4.78 is 5.23. The normalized spacial score (nSPS) is 14.3. The lowest BCUT2D eigenvalue weighted by molar-refractivity contribution is -0.135. The Hall–Kier alpha value is -2.77. The lowest BCUT2D eigenvalue weighted by Gasteiger charge is -2.33. The first-order valence-electron chi connectivity index (χ1n) is 7.26. The molecule has 1 aromatic carbocycles. The standard InChI is InChI=1S/C15H19N3O5/c19-13(20)10-16-14(21)17-6-8-18(9-7-17)15(22)23-11-12-4-2-1-3-5-12/h1-5H,6-11H2,(H,16,21)(H,19,20). The van der Waals surface area contributed by atoms with Crippen LogP contribution in [0.25, 0.3) is 0 Å². The van der Waals surface area contributed by atoms with Gasteiger partial charge in [0.15, 0.2) is 0 Å². The van der Waals surface area contributed by atoms with Gasteiger partial charge in [-0.25, -0.2) is 9.59 Å². The van der Waals surface area contributed by atoms with E-state index < -0.39 is 24.6 Å². The molecule has 1 aliphatic heterocycles. The molecular weight excluding hydrogens is 302 g/mol. The summed E-state index contributed by atoms with van der Waals surface area (Å²) in [5, 5.41) is 10.8. The second-order valence-electron chi connectivity index (χ2n) is 5.07. The number of piperazine rings is 1. The van der Waals surface area contributed by atoms with Crippen LogP contribution >= 0.6 is 0 Å². The van der Waals surface area contributed by atoms with Crippen molar-refractivity contribution in [3.05, 3.63) is 35.9 Å². The molecule has 0 atom stereocenters. The van der Waals surface area contributed by atoms with Crippen LogP contribution in [-0.4, -0.2) is 65.7 Å². The number of carbonyl (C=O) groups excluding carboxylic acids is 2. The minimum absolute atomic E-state index is 0.207. The van der Waals surface area contributed by atoms with E-state index in [9.17, 15) is 14.4 Å². The van der Waals surface area contributed by atoms with Gasteiger partial charge in [-0.2, -0.15) is 0 Å². The van der Waals surface area contributed by atoms with Gasteiger partial charge in [0.1, 0.15) is 13.2 Å². The highest BCUT2D eigenvalue weighted by Gasteiger charge is 2.25. The summed E-state index contributed by atoms with van der Waals surface area (Å²) in [5.74, 6) is -1.10. The Bertz CT molecular complexity index is 555. The summed E-state index contributed by atoms with van der Waals surface area (Å²) in [6, 6.07) is 8.94. The number of carbonyl (C=O) groups is 3. The van der Waals surface area contributed by atoms with E-state index in [2.05, 4.69) is 5.32 Å². The van der Waals surface area contributed by atoms with Crippen LogP contribution in [0.5, 0.6) is 0 Å². The highest BCUT2D eigenvalue weighted by Crippen LogP contribution is 2.07. The second kappa shape index (κ2) is 8.02. The summed E-state index contributed by atoms with van der Waals surface area (Å²) in [6.07, 6.45) is -0.417. The van der Waals surface area contributed by atoms with Gasteiger partial charge >= 0.3 is 18.1 Å².